The molecule has 3 heterocycles. The molecule has 0 amide bonds. The Morgan fingerprint density at radius 2 is 2.00 bits per heavy atom. The molecule has 1 atom stereocenters. The van der Waals surface area contributed by atoms with E-state index in [0.717, 1.165) is 72.8 Å². The number of Topliss-reactive ketones (excluding diaryl/α,β-unsaturated/α-hetero) is 1. The lowest BCUT2D eigenvalue weighted by atomic mass is 10.00. The quantitative estimate of drug-likeness (QED) is 0.484. The molecule has 2 aliphatic heterocycles. The number of thioether (sulfide) groups is 1. The zero-order valence-electron chi connectivity index (χ0n) is 18.3. The van der Waals surface area contributed by atoms with E-state index in [0.29, 0.717) is 5.75 Å². The molecule has 2 fully saturated rings. The third-order valence-corrected chi connectivity index (χ3v) is 7.17. The third-order valence-electron chi connectivity index (χ3n) is 6.20. The van der Waals surface area contributed by atoms with Crippen LogP contribution in [-0.4, -0.2) is 52.1 Å². The Bertz CT molecular complexity index is 883. The first-order valence-corrected chi connectivity index (χ1v) is 12.0. The summed E-state index contributed by atoms with van der Waals surface area (Å²) in [4.78, 5) is 15.2. The molecule has 2 saturated heterocycles. The van der Waals surface area contributed by atoms with Crippen LogP contribution in [0.4, 0.5) is 5.95 Å². The molecule has 1 aromatic heterocycles. The number of aromatic nitrogens is 3. The maximum absolute atomic E-state index is 12.9. The summed E-state index contributed by atoms with van der Waals surface area (Å²) >= 11 is 1.49. The molecule has 0 radical (unpaired) electrons. The Labute approximate surface area is 183 Å². The number of piperidine rings is 1. The van der Waals surface area contributed by atoms with Crippen molar-refractivity contribution in [3.63, 3.8) is 0 Å². The lowest BCUT2D eigenvalue weighted by molar-refractivity contribution is 0.0951. The minimum atomic E-state index is 0.140. The molecule has 2 aliphatic rings. The molecule has 1 aromatic carbocycles. The number of carbonyl (C=O) groups is 1. The molecule has 1 unspecified atom stereocenters. The largest absolute Gasteiger partial charge is 0.376 e. The van der Waals surface area contributed by atoms with Crippen LogP contribution in [0.3, 0.4) is 0 Å². The second kappa shape index (κ2) is 9.52. The Kier molecular flexibility index (Phi) is 6.78. The molecule has 162 valence electrons. The predicted octanol–water partition coefficient (Wildman–Crippen LogP) is 4.29. The van der Waals surface area contributed by atoms with Crippen LogP contribution in [0, 0.1) is 19.8 Å². The van der Waals surface area contributed by atoms with Gasteiger partial charge in [0.25, 0.3) is 0 Å². The number of hydrogen-bond donors (Lipinski definition) is 0. The van der Waals surface area contributed by atoms with E-state index >= 15 is 0 Å². The van der Waals surface area contributed by atoms with E-state index in [4.69, 9.17) is 4.74 Å². The normalized spacial score (nSPS) is 20.1. The molecule has 7 heteroatoms. The number of nitrogens with zero attached hydrogens (tertiary/aromatic N) is 4. The van der Waals surface area contributed by atoms with Gasteiger partial charge < -0.3 is 9.64 Å². The van der Waals surface area contributed by atoms with Crippen molar-refractivity contribution >= 4 is 23.5 Å². The number of hydrogen-bond acceptors (Lipinski definition) is 6. The van der Waals surface area contributed by atoms with Gasteiger partial charge in [0.1, 0.15) is 0 Å². The van der Waals surface area contributed by atoms with Gasteiger partial charge in [-0.2, -0.15) is 0 Å². The van der Waals surface area contributed by atoms with Crippen LogP contribution in [0.15, 0.2) is 23.4 Å². The second-order valence-electron chi connectivity index (χ2n) is 8.73. The summed E-state index contributed by atoms with van der Waals surface area (Å²) < 4.78 is 8.08. The van der Waals surface area contributed by atoms with Gasteiger partial charge in [-0.3, -0.25) is 9.36 Å². The first kappa shape index (κ1) is 21.4. The monoisotopic (exact) mass is 428 g/mol. The molecule has 2 aromatic rings. The maximum atomic E-state index is 12.9. The Morgan fingerprint density at radius 1 is 1.20 bits per heavy atom. The summed E-state index contributed by atoms with van der Waals surface area (Å²) in [6, 6.07) is 6.04. The van der Waals surface area contributed by atoms with Crippen molar-refractivity contribution in [2.75, 3.05) is 30.3 Å². The first-order chi connectivity index (χ1) is 14.5. The van der Waals surface area contributed by atoms with Gasteiger partial charge in [0.15, 0.2) is 10.9 Å². The fraction of sp³-hybridized carbons (Fsp3) is 0.609. The summed E-state index contributed by atoms with van der Waals surface area (Å²) in [6.45, 7) is 9.94. The lowest BCUT2D eigenvalue weighted by Crippen LogP contribution is -2.35. The summed E-state index contributed by atoms with van der Waals surface area (Å²) in [5.74, 6) is 2.20. The van der Waals surface area contributed by atoms with Crippen LogP contribution < -0.4 is 4.90 Å². The van der Waals surface area contributed by atoms with Crippen molar-refractivity contribution < 1.29 is 9.53 Å². The minimum Gasteiger partial charge on any atom is -0.376 e. The molecule has 0 bridgehead atoms. The molecule has 0 saturated carbocycles. The summed E-state index contributed by atoms with van der Waals surface area (Å²) in [5, 5.41) is 9.84. The molecule has 0 N–H and O–H groups in total. The topological polar surface area (TPSA) is 60.2 Å². The highest BCUT2D eigenvalue weighted by atomic mass is 32.2. The average Bonchev–Trinajstić information content (AvgIpc) is 3.39. The summed E-state index contributed by atoms with van der Waals surface area (Å²) in [6.07, 6.45) is 4.75. The maximum Gasteiger partial charge on any atom is 0.228 e. The number of benzene rings is 1. The zero-order chi connectivity index (χ0) is 21.1. The van der Waals surface area contributed by atoms with E-state index in [1.807, 2.05) is 32.0 Å². The predicted molar refractivity (Wildman–Crippen MR) is 121 cm³/mol. The van der Waals surface area contributed by atoms with E-state index in [1.165, 1.54) is 24.6 Å². The van der Waals surface area contributed by atoms with Crippen LogP contribution >= 0.6 is 11.8 Å². The van der Waals surface area contributed by atoms with Gasteiger partial charge in [-0.15, -0.1) is 10.2 Å². The van der Waals surface area contributed by atoms with Crippen molar-refractivity contribution in [1.29, 1.82) is 0 Å². The molecular weight excluding hydrogens is 396 g/mol. The van der Waals surface area contributed by atoms with Crippen molar-refractivity contribution in [2.45, 2.75) is 64.3 Å². The lowest BCUT2D eigenvalue weighted by Gasteiger charge is -2.31. The highest BCUT2D eigenvalue weighted by molar-refractivity contribution is 7.99. The molecular formula is C23H32N4O2S. The Balaban J connectivity index is 1.51. The molecule has 4 rings (SSSR count). The number of ether oxygens (including phenoxy) is 1. The fourth-order valence-electron chi connectivity index (χ4n) is 4.23. The number of anilines is 1. The molecule has 0 aliphatic carbocycles. The average molecular weight is 429 g/mol. The van der Waals surface area contributed by atoms with Gasteiger partial charge in [0, 0.05) is 25.3 Å². The summed E-state index contributed by atoms with van der Waals surface area (Å²) in [5.41, 5.74) is 2.94. The highest BCUT2D eigenvalue weighted by Gasteiger charge is 2.26. The Morgan fingerprint density at radius 3 is 2.73 bits per heavy atom. The molecule has 30 heavy (non-hydrogen) atoms. The standard InChI is InChI=1S/C23H32N4O2S/c1-16-8-10-26(11-9-16)22-24-25-23(27(22)14-19-5-4-12-29-19)30-15-21(28)20-13-17(2)6-7-18(20)3/h6-7,13,16,19H,4-5,8-12,14-15H2,1-3H3. The third kappa shape index (κ3) is 4.89. The van der Waals surface area contributed by atoms with Gasteiger partial charge >= 0.3 is 0 Å². The van der Waals surface area contributed by atoms with Crippen LogP contribution in [0.5, 0.6) is 0 Å². The Hall–Kier alpha value is -1.86. The van der Waals surface area contributed by atoms with Crippen molar-refractivity contribution in [1.82, 2.24) is 14.8 Å². The van der Waals surface area contributed by atoms with Crippen molar-refractivity contribution in [3.05, 3.63) is 34.9 Å². The highest BCUT2D eigenvalue weighted by Crippen LogP contribution is 2.28. The number of ketones is 1. The van der Waals surface area contributed by atoms with Gasteiger partial charge in [-0.1, -0.05) is 36.4 Å². The number of carbonyl (C=O) groups excluding carboxylic acids is 1. The van der Waals surface area contributed by atoms with Crippen LogP contribution in [-0.2, 0) is 11.3 Å². The van der Waals surface area contributed by atoms with Crippen LogP contribution in [0.1, 0.15) is 54.1 Å². The minimum absolute atomic E-state index is 0.140. The molecule has 6 nitrogen and oxygen atoms in total. The van der Waals surface area contributed by atoms with E-state index in [1.54, 1.807) is 0 Å². The van der Waals surface area contributed by atoms with E-state index in [2.05, 4.69) is 26.6 Å². The first-order valence-electron chi connectivity index (χ1n) is 11.0. The van der Waals surface area contributed by atoms with Gasteiger partial charge in [0.05, 0.1) is 18.4 Å². The van der Waals surface area contributed by atoms with Crippen molar-refractivity contribution in [3.8, 4) is 0 Å². The number of aryl methyl sites for hydroxylation is 2. The van der Waals surface area contributed by atoms with Crippen molar-refractivity contribution in [2.24, 2.45) is 5.92 Å². The summed E-state index contributed by atoms with van der Waals surface area (Å²) in [7, 11) is 0. The van der Waals surface area contributed by atoms with Gasteiger partial charge in [0.2, 0.25) is 5.95 Å². The number of rotatable bonds is 7. The van der Waals surface area contributed by atoms with E-state index in [9.17, 15) is 4.79 Å². The SMILES string of the molecule is Cc1ccc(C)c(C(=O)CSc2nnc(N3CCC(C)CC3)n2CC2CCCO2)c1. The molecule has 0 spiro atoms. The van der Waals surface area contributed by atoms with E-state index in [-0.39, 0.29) is 11.9 Å². The van der Waals surface area contributed by atoms with Gasteiger partial charge in [-0.25, -0.2) is 0 Å². The smallest absolute Gasteiger partial charge is 0.228 e. The van der Waals surface area contributed by atoms with Gasteiger partial charge in [-0.05, 0) is 57.1 Å². The van der Waals surface area contributed by atoms with Crippen LogP contribution in [0.2, 0.25) is 0 Å². The second-order valence-corrected chi connectivity index (χ2v) is 9.67. The zero-order valence-corrected chi connectivity index (χ0v) is 19.1. The van der Waals surface area contributed by atoms with Crippen LogP contribution in [0.25, 0.3) is 0 Å². The van der Waals surface area contributed by atoms with E-state index < -0.39 is 0 Å². The fourth-order valence-corrected chi connectivity index (χ4v) is 5.05.